The van der Waals surface area contributed by atoms with E-state index in [0.717, 1.165) is 6.07 Å². The van der Waals surface area contributed by atoms with Gasteiger partial charge in [-0.3, -0.25) is 14.3 Å². The van der Waals surface area contributed by atoms with Gasteiger partial charge in [0.05, 0.1) is 11.3 Å². The summed E-state index contributed by atoms with van der Waals surface area (Å²) in [6.07, 6.45) is 2.08. The predicted molar refractivity (Wildman–Crippen MR) is 65.2 cm³/mol. The summed E-state index contributed by atoms with van der Waals surface area (Å²) in [5, 5.41) is 0. The van der Waals surface area contributed by atoms with Gasteiger partial charge >= 0.3 is 5.69 Å². The van der Waals surface area contributed by atoms with Gasteiger partial charge in [0, 0.05) is 19.2 Å². The first kappa shape index (κ1) is 12.9. The number of aromatic nitrogens is 3. The Morgan fingerprint density at radius 1 is 1.37 bits per heavy atom. The number of aromatic amines is 1. The largest absolute Gasteiger partial charge is 0.328 e. The van der Waals surface area contributed by atoms with Crippen molar-refractivity contribution in [3.63, 3.8) is 0 Å². The minimum absolute atomic E-state index is 0.0741. The molecule has 2 aromatic heterocycles. The van der Waals surface area contributed by atoms with E-state index in [1.54, 1.807) is 0 Å². The van der Waals surface area contributed by atoms with Crippen LogP contribution in [0.25, 0.3) is 11.3 Å². The van der Waals surface area contributed by atoms with Crippen LogP contribution in [-0.4, -0.2) is 20.8 Å². The van der Waals surface area contributed by atoms with Crippen LogP contribution in [0, 0.1) is 5.95 Å². The van der Waals surface area contributed by atoms with E-state index < -0.39 is 17.2 Å². The van der Waals surface area contributed by atoms with Crippen molar-refractivity contribution in [1.29, 1.82) is 0 Å². The smallest absolute Gasteiger partial charge is 0.303 e. The van der Waals surface area contributed by atoms with E-state index in [4.69, 9.17) is 0 Å². The number of hydrogen-bond acceptors (Lipinski definition) is 4. The van der Waals surface area contributed by atoms with E-state index >= 15 is 0 Å². The lowest BCUT2D eigenvalue weighted by atomic mass is 10.2. The van der Waals surface area contributed by atoms with Gasteiger partial charge in [-0.2, -0.15) is 4.39 Å². The molecule has 0 spiro atoms. The number of aryl methyl sites for hydroxylation is 1. The molecule has 2 heterocycles. The Kier molecular flexibility index (Phi) is 3.65. The van der Waals surface area contributed by atoms with Crippen LogP contribution < -0.4 is 11.2 Å². The third kappa shape index (κ3) is 2.82. The fraction of sp³-hybridized carbons (Fsp3) is 0.167. The Hall–Kier alpha value is -2.57. The Morgan fingerprint density at radius 2 is 2.16 bits per heavy atom. The fourth-order valence-electron chi connectivity index (χ4n) is 1.61. The van der Waals surface area contributed by atoms with Crippen LogP contribution in [0.2, 0.25) is 0 Å². The van der Waals surface area contributed by atoms with Gasteiger partial charge in [-0.15, -0.1) is 0 Å². The summed E-state index contributed by atoms with van der Waals surface area (Å²) in [6, 6.07) is 4.03. The van der Waals surface area contributed by atoms with E-state index in [2.05, 4.69) is 9.97 Å². The van der Waals surface area contributed by atoms with Gasteiger partial charge < -0.3 is 4.79 Å². The minimum Gasteiger partial charge on any atom is -0.303 e. The highest BCUT2D eigenvalue weighted by Crippen LogP contribution is 2.10. The highest BCUT2D eigenvalue weighted by atomic mass is 19.1. The van der Waals surface area contributed by atoms with Crippen LogP contribution in [0.1, 0.15) is 6.42 Å². The molecule has 1 N–H and O–H groups in total. The van der Waals surface area contributed by atoms with E-state index in [1.807, 2.05) is 0 Å². The number of hydrogen-bond donors (Lipinski definition) is 1. The number of halogens is 1. The third-order valence-corrected chi connectivity index (χ3v) is 2.49. The van der Waals surface area contributed by atoms with Crippen molar-refractivity contribution < 1.29 is 9.18 Å². The van der Waals surface area contributed by atoms with Gasteiger partial charge in [-0.05, 0) is 12.1 Å². The fourth-order valence-corrected chi connectivity index (χ4v) is 1.61. The second-order valence-corrected chi connectivity index (χ2v) is 3.80. The third-order valence-electron chi connectivity index (χ3n) is 2.49. The molecule has 0 saturated heterocycles. The summed E-state index contributed by atoms with van der Waals surface area (Å²) in [4.78, 5) is 39.2. The van der Waals surface area contributed by atoms with Gasteiger partial charge in [-0.1, -0.05) is 6.07 Å². The van der Waals surface area contributed by atoms with E-state index in [1.165, 1.54) is 22.9 Å². The molecule has 6 nitrogen and oxygen atoms in total. The standard InChI is InChI=1S/C12H10FN3O3/c13-10-4-1-3-9(14-10)8-7-16(5-2-6-17)12(19)15-11(8)18/h1,3-4,6-7H,2,5H2,(H,15,18,19). The predicted octanol–water partition coefficient (Wildman–Crippen LogP) is 0.327. The molecule has 0 amide bonds. The van der Waals surface area contributed by atoms with Crippen LogP contribution in [-0.2, 0) is 11.3 Å². The monoisotopic (exact) mass is 263 g/mol. The van der Waals surface area contributed by atoms with Crippen molar-refractivity contribution in [2.75, 3.05) is 0 Å². The van der Waals surface area contributed by atoms with Crippen LogP contribution in [0.5, 0.6) is 0 Å². The van der Waals surface area contributed by atoms with E-state index in [-0.39, 0.29) is 24.2 Å². The molecular weight excluding hydrogens is 253 g/mol. The lowest BCUT2D eigenvalue weighted by Crippen LogP contribution is -2.30. The SMILES string of the molecule is O=CCCn1cc(-c2cccc(F)n2)c(=O)[nH]c1=O. The molecule has 0 aliphatic heterocycles. The summed E-state index contributed by atoms with van der Waals surface area (Å²) in [6.45, 7) is 0.140. The van der Waals surface area contributed by atoms with Gasteiger partial charge in [0.25, 0.3) is 5.56 Å². The normalized spacial score (nSPS) is 10.4. The molecule has 0 aromatic carbocycles. The molecule has 0 saturated carbocycles. The van der Waals surface area contributed by atoms with Crippen molar-refractivity contribution in [2.24, 2.45) is 0 Å². The number of carbonyl (C=O) groups excluding carboxylic acids is 1. The highest BCUT2D eigenvalue weighted by molar-refractivity contribution is 5.56. The number of H-pyrrole nitrogens is 1. The second kappa shape index (κ2) is 5.38. The minimum atomic E-state index is -0.720. The number of nitrogens with one attached hydrogen (secondary N) is 1. The summed E-state index contributed by atoms with van der Waals surface area (Å²) in [5.74, 6) is -0.720. The van der Waals surface area contributed by atoms with Crippen LogP contribution in [0.15, 0.2) is 34.0 Å². The Labute approximate surface area is 106 Å². The van der Waals surface area contributed by atoms with Gasteiger partial charge in [0.15, 0.2) is 0 Å². The first-order valence-corrected chi connectivity index (χ1v) is 5.52. The molecule has 19 heavy (non-hydrogen) atoms. The quantitative estimate of drug-likeness (QED) is 0.636. The maximum atomic E-state index is 13.0. The molecule has 0 bridgehead atoms. The van der Waals surface area contributed by atoms with Crippen molar-refractivity contribution in [3.8, 4) is 11.3 Å². The lowest BCUT2D eigenvalue weighted by Gasteiger charge is -2.05. The average Bonchev–Trinajstić information content (AvgIpc) is 2.38. The molecule has 0 fully saturated rings. The van der Waals surface area contributed by atoms with Gasteiger partial charge in [0.1, 0.15) is 6.29 Å². The maximum absolute atomic E-state index is 13.0. The van der Waals surface area contributed by atoms with Crippen molar-refractivity contribution >= 4 is 6.29 Å². The van der Waals surface area contributed by atoms with E-state index in [0.29, 0.717) is 6.29 Å². The molecule has 7 heteroatoms. The molecule has 2 rings (SSSR count). The summed E-state index contributed by atoms with van der Waals surface area (Å²) in [5.41, 5.74) is -1.07. The maximum Gasteiger partial charge on any atom is 0.328 e. The van der Waals surface area contributed by atoms with Crippen LogP contribution >= 0.6 is 0 Å². The number of carbonyl (C=O) groups is 1. The molecule has 0 unspecified atom stereocenters. The molecule has 0 aliphatic rings. The Balaban J connectivity index is 2.54. The zero-order valence-corrected chi connectivity index (χ0v) is 9.80. The number of rotatable bonds is 4. The zero-order chi connectivity index (χ0) is 13.8. The van der Waals surface area contributed by atoms with Crippen molar-refractivity contribution in [2.45, 2.75) is 13.0 Å². The second-order valence-electron chi connectivity index (χ2n) is 3.80. The molecule has 2 aromatic rings. The number of aldehydes is 1. The number of nitrogens with zero attached hydrogens (tertiary/aromatic N) is 2. The average molecular weight is 263 g/mol. The van der Waals surface area contributed by atoms with Crippen LogP contribution in [0.4, 0.5) is 4.39 Å². The van der Waals surface area contributed by atoms with Gasteiger partial charge in [-0.25, -0.2) is 9.78 Å². The van der Waals surface area contributed by atoms with Crippen LogP contribution in [0.3, 0.4) is 0 Å². The molecular formula is C12H10FN3O3. The summed E-state index contributed by atoms with van der Waals surface area (Å²) >= 11 is 0. The van der Waals surface area contributed by atoms with Crippen molar-refractivity contribution in [1.82, 2.24) is 14.5 Å². The number of pyridine rings is 1. The topological polar surface area (TPSA) is 84.8 Å². The Bertz CT molecular complexity index is 721. The first-order chi connectivity index (χ1) is 9.11. The summed E-state index contributed by atoms with van der Waals surface area (Å²) < 4.78 is 14.2. The van der Waals surface area contributed by atoms with E-state index in [9.17, 15) is 18.8 Å². The highest BCUT2D eigenvalue weighted by Gasteiger charge is 2.09. The summed E-state index contributed by atoms with van der Waals surface area (Å²) in [7, 11) is 0. The Morgan fingerprint density at radius 3 is 2.84 bits per heavy atom. The zero-order valence-electron chi connectivity index (χ0n) is 9.80. The van der Waals surface area contributed by atoms with Gasteiger partial charge in [0.2, 0.25) is 5.95 Å². The lowest BCUT2D eigenvalue weighted by molar-refractivity contribution is -0.108. The molecule has 98 valence electrons. The first-order valence-electron chi connectivity index (χ1n) is 5.52. The molecule has 0 aliphatic carbocycles. The molecule has 0 radical (unpaired) electrons. The van der Waals surface area contributed by atoms with Crippen molar-refractivity contribution in [3.05, 3.63) is 51.2 Å². The molecule has 0 atom stereocenters.